The van der Waals surface area contributed by atoms with E-state index in [-0.39, 0.29) is 0 Å². The smallest absolute Gasteiger partial charge is 0.211 e. The molecule has 0 aliphatic rings. The van der Waals surface area contributed by atoms with Crippen molar-refractivity contribution in [3.63, 3.8) is 0 Å². The number of carbonyl (C=O) groups is 1. The summed E-state index contributed by atoms with van der Waals surface area (Å²) in [5, 5.41) is 2.66. The minimum absolute atomic E-state index is 0.607. The molecule has 3 heterocycles. The number of aromatic nitrogens is 4. The highest BCUT2D eigenvalue weighted by atomic mass is 16.5. The minimum atomic E-state index is 0.607. The van der Waals surface area contributed by atoms with Crippen molar-refractivity contribution in [1.29, 1.82) is 0 Å². The Morgan fingerprint density at radius 3 is 2.65 bits per heavy atom. The van der Waals surface area contributed by atoms with E-state index in [9.17, 15) is 4.79 Å². The summed E-state index contributed by atoms with van der Waals surface area (Å²) < 4.78 is 7.07. The number of imidazole rings is 1. The summed E-state index contributed by atoms with van der Waals surface area (Å²) in [6.07, 6.45) is 7.66. The van der Waals surface area contributed by atoms with Gasteiger partial charge in [-0.15, -0.1) is 0 Å². The molecule has 26 heavy (non-hydrogen) atoms. The molecule has 0 saturated carbocycles. The first-order chi connectivity index (χ1) is 12.8. The van der Waals surface area contributed by atoms with Crippen LogP contribution in [-0.2, 0) is 4.79 Å². The lowest BCUT2D eigenvalue weighted by atomic mass is 10.1. The molecular weight excluding hydrogens is 330 g/mol. The molecule has 1 N–H and O–H groups in total. The molecule has 4 aromatic rings. The van der Waals surface area contributed by atoms with Gasteiger partial charge in [0.15, 0.2) is 11.6 Å². The number of methoxy groups -OCH3 is 1. The van der Waals surface area contributed by atoms with Gasteiger partial charge in [-0.3, -0.25) is 9.20 Å². The van der Waals surface area contributed by atoms with E-state index in [0.29, 0.717) is 18.0 Å². The minimum Gasteiger partial charge on any atom is -0.494 e. The third-order valence-electron chi connectivity index (χ3n) is 4.02. The second kappa shape index (κ2) is 6.64. The lowest BCUT2D eigenvalue weighted by molar-refractivity contribution is -0.105. The molecule has 0 unspecified atom stereocenters. The zero-order valence-corrected chi connectivity index (χ0v) is 14.0. The van der Waals surface area contributed by atoms with Crippen molar-refractivity contribution < 1.29 is 9.53 Å². The molecule has 0 bridgehead atoms. The molecule has 7 heteroatoms. The second-order valence-electron chi connectivity index (χ2n) is 5.58. The molecule has 0 fully saturated rings. The molecule has 1 amide bonds. The van der Waals surface area contributed by atoms with Crippen LogP contribution in [0.25, 0.3) is 28.3 Å². The van der Waals surface area contributed by atoms with Crippen LogP contribution in [-0.4, -0.2) is 32.9 Å². The molecular formula is C19H15N5O2. The maximum atomic E-state index is 10.6. The monoisotopic (exact) mass is 345 g/mol. The highest BCUT2D eigenvalue weighted by Gasteiger charge is 2.09. The Labute approximate surface area is 149 Å². The predicted octanol–water partition coefficient (Wildman–Crippen LogP) is 3.04. The molecule has 0 radical (unpaired) electrons. The number of fused-ring (bicyclic) bond motifs is 1. The van der Waals surface area contributed by atoms with Gasteiger partial charge in [0.05, 0.1) is 31.4 Å². The third-order valence-corrected chi connectivity index (χ3v) is 4.02. The molecule has 7 nitrogen and oxygen atoms in total. The first kappa shape index (κ1) is 15.8. The van der Waals surface area contributed by atoms with E-state index < -0.39 is 0 Å². The Balaban J connectivity index is 1.73. The third kappa shape index (κ3) is 2.86. The van der Waals surface area contributed by atoms with Gasteiger partial charge in [-0.05, 0) is 24.3 Å². The molecule has 4 rings (SSSR count). The largest absolute Gasteiger partial charge is 0.494 e. The van der Waals surface area contributed by atoms with Crippen molar-refractivity contribution in [2.75, 3.05) is 12.4 Å². The number of benzene rings is 1. The number of hydrogen-bond donors (Lipinski definition) is 1. The lowest BCUT2D eigenvalue weighted by Gasteiger charge is -2.06. The Kier molecular flexibility index (Phi) is 4.03. The molecule has 0 saturated heterocycles. The Morgan fingerprint density at radius 1 is 1.04 bits per heavy atom. The maximum absolute atomic E-state index is 10.6. The van der Waals surface area contributed by atoms with Crippen LogP contribution >= 0.6 is 0 Å². The highest BCUT2D eigenvalue weighted by Crippen LogP contribution is 2.25. The van der Waals surface area contributed by atoms with E-state index in [1.165, 1.54) is 0 Å². The highest BCUT2D eigenvalue weighted by molar-refractivity contribution is 5.76. The SMILES string of the molecule is COc1cnc(-c2ccn3c(-c4cccc(NC=O)c4)cnc3c2)nc1. The molecule has 0 aliphatic carbocycles. The van der Waals surface area contributed by atoms with E-state index in [0.717, 1.165) is 28.2 Å². The molecule has 3 aromatic heterocycles. The van der Waals surface area contributed by atoms with Gasteiger partial charge in [-0.1, -0.05) is 12.1 Å². The quantitative estimate of drug-likeness (QED) is 0.562. The molecule has 0 spiro atoms. The van der Waals surface area contributed by atoms with Gasteiger partial charge in [0.25, 0.3) is 0 Å². The number of nitrogens with zero attached hydrogens (tertiary/aromatic N) is 4. The van der Waals surface area contributed by atoms with Gasteiger partial charge < -0.3 is 10.1 Å². The summed E-state index contributed by atoms with van der Waals surface area (Å²) in [7, 11) is 1.58. The fourth-order valence-corrected chi connectivity index (χ4v) is 2.74. The first-order valence-electron chi connectivity index (χ1n) is 7.92. The Bertz CT molecular complexity index is 1070. The normalized spacial score (nSPS) is 10.7. The van der Waals surface area contributed by atoms with Crippen molar-refractivity contribution in [1.82, 2.24) is 19.4 Å². The second-order valence-corrected chi connectivity index (χ2v) is 5.58. The number of anilines is 1. The summed E-state index contributed by atoms with van der Waals surface area (Å²) in [6, 6.07) is 11.5. The summed E-state index contributed by atoms with van der Waals surface area (Å²) in [5.74, 6) is 1.22. The fraction of sp³-hybridized carbons (Fsp3) is 0.0526. The lowest BCUT2D eigenvalue weighted by Crippen LogP contribution is -1.95. The number of carbonyl (C=O) groups excluding carboxylic acids is 1. The summed E-state index contributed by atoms with van der Waals surface area (Å²) in [5.41, 5.74) is 4.27. The number of pyridine rings is 1. The summed E-state index contributed by atoms with van der Waals surface area (Å²) in [6.45, 7) is 0. The van der Waals surface area contributed by atoms with Crippen LogP contribution in [0.3, 0.4) is 0 Å². The molecule has 0 atom stereocenters. The molecule has 128 valence electrons. The number of amides is 1. The van der Waals surface area contributed by atoms with Crippen LogP contribution < -0.4 is 10.1 Å². The van der Waals surface area contributed by atoms with Crippen molar-refractivity contribution in [2.45, 2.75) is 0 Å². The maximum Gasteiger partial charge on any atom is 0.211 e. The van der Waals surface area contributed by atoms with Gasteiger partial charge >= 0.3 is 0 Å². The number of rotatable bonds is 5. The predicted molar refractivity (Wildman–Crippen MR) is 97.9 cm³/mol. The van der Waals surface area contributed by atoms with Crippen LogP contribution in [0.1, 0.15) is 0 Å². The standard InChI is InChI=1S/C19H15N5O2/c1-26-16-9-21-19(22-10-16)14-5-6-24-17(11-20-18(24)8-14)13-3-2-4-15(7-13)23-12-25/h2-12H,1H3,(H,23,25). The zero-order valence-electron chi connectivity index (χ0n) is 14.0. The van der Waals surface area contributed by atoms with Crippen molar-refractivity contribution in [3.8, 4) is 28.4 Å². The van der Waals surface area contributed by atoms with E-state index >= 15 is 0 Å². The van der Waals surface area contributed by atoms with Crippen molar-refractivity contribution in [3.05, 3.63) is 61.2 Å². The van der Waals surface area contributed by atoms with Gasteiger partial charge in [0.1, 0.15) is 5.65 Å². The number of ether oxygens (including phenoxy) is 1. The number of nitrogens with one attached hydrogen (secondary N) is 1. The van der Waals surface area contributed by atoms with E-state index in [2.05, 4.69) is 20.3 Å². The molecule has 0 aliphatic heterocycles. The first-order valence-corrected chi connectivity index (χ1v) is 7.92. The van der Waals surface area contributed by atoms with E-state index in [1.54, 1.807) is 25.7 Å². The topological polar surface area (TPSA) is 81.4 Å². The van der Waals surface area contributed by atoms with Crippen LogP contribution in [0.5, 0.6) is 5.75 Å². The Hall–Kier alpha value is -3.74. The van der Waals surface area contributed by atoms with Crippen LogP contribution in [0.2, 0.25) is 0 Å². The van der Waals surface area contributed by atoms with Crippen molar-refractivity contribution in [2.24, 2.45) is 0 Å². The van der Waals surface area contributed by atoms with Crippen LogP contribution in [0, 0.1) is 0 Å². The van der Waals surface area contributed by atoms with E-state index in [4.69, 9.17) is 4.74 Å². The van der Waals surface area contributed by atoms with Crippen LogP contribution in [0.4, 0.5) is 5.69 Å². The van der Waals surface area contributed by atoms with Gasteiger partial charge in [0, 0.05) is 23.0 Å². The van der Waals surface area contributed by atoms with E-state index in [1.807, 2.05) is 47.0 Å². The summed E-state index contributed by atoms with van der Waals surface area (Å²) >= 11 is 0. The van der Waals surface area contributed by atoms with Gasteiger partial charge in [0.2, 0.25) is 6.41 Å². The summed E-state index contributed by atoms with van der Waals surface area (Å²) in [4.78, 5) is 23.8. The molecule has 1 aromatic carbocycles. The number of hydrogen-bond acceptors (Lipinski definition) is 5. The Morgan fingerprint density at radius 2 is 1.88 bits per heavy atom. The average molecular weight is 345 g/mol. The van der Waals surface area contributed by atoms with Gasteiger partial charge in [-0.2, -0.15) is 0 Å². The van der Waals surface area contributed by atoms with Gasteiger partial charge in [-0.25, -0.2) is 15.0 Å². The fourth-order valence-electron chi connectivity index (χ4n) is 2.74. The average Bonchev–Trinajstić information content (AvgIpc) is 3.12. The zero-order chi connectivity index (χ0) is 17.9. The van der Waals surface area contributed by atoms with Crippen molar-refractivity contribution >= 4 is 17.7 Å². The van der Waals surface area contributed by atoms with Crippen LogP contribution in [0.15, 0.2) is 61.2 Å².